The van der Waals surface area contributed by atoms with Crippen molar-refractivity contribution in [3.05, 3.63) is 58.1 Å². The molecule has 0 aromatic heterocycles. The van der Waals surface area contributed by atoms with E-state index in [0.717, 1.165) is 21.7 Å². The van der Waals surface area contributed by atoms with Crippen LogP contribution in [0.3, 0.4) is 0 Å². The Balaban J connectivity index is 1.75. The number of hydrogen-bond donors (Lipinski definition) is 1. The zero-order valence-corrected chi connectivity index (χ0v) is 16.6. The van der Waals surface area contributed by atoms with E-state index < -0.39 is 6.04 Å². The summed E-state index contributed by atoms with van der Waals surface area (Å²) in [5.74, 6) is -0.396. The second-order valence-corrected chi connectivity index (χ2v) is 7.78. The van der Waals surface area contributed by atoms with Gasteiger partial charge in [0.15, 0.2) is 0 Å². The number of amides is 2. The quantitative estimate of drug-likeness (QED) is 0.798. The summed E-state index contributed by atoms with van der Waals surface area (Å²) >= 11 is 7.70. The van der Waals surface area contributed by atoms with Crippen LogP contribution in [0.1, 0.15) is 27.9 Å². The summed E-state index contributed by atoms with van der Waals surface area (Å²) in [4.78, 5) is 28.1. The second-order valence-electron chi connectivity index (χ2n) is 6.50. The standard InChI is InChI=1S/C20H21ClN2O2S/c1-12-8-13(2)10-14(9-12)23-7-6-18(20(23)25)22-19(24)16-11-15(26-3)4-5-17(16)21/h4-5,8-11,18H,6-7H2,1-3H3,(H,22,24)/t18-/m1/s1. The van der Waals surface area contributed by atoms with Gasteiger partial charge in [0.25, 0.3) is 5.91 Å². The van der Waals surface area contributed by atoms with Crippen molar-refractivity contribution in [2.45, 2.75) is 31.2 Å². The molecule has 1 saturated heterocycles. The van der Waals surface area contributed by atoms with Crippen molar-refractivity contribution in [2.24, 2.45) is 0 Å². The molecule has 0 radical (unpaired) electrons. The van der Waals surface area contributed by atoms with Crippen LogP contribution >= 0.6 is 23.4 Å². The molecule has 4 nitrogen and oxygen atoms in total. The van der Waals surface area contributed by atoms with E-state index in [-0.39, 0.29) is 11.8 Å². The molecule has 1 aliphatic heterocycles. The molecule has 0 spiro atoms. The van der Waals surface area contributed by atoms with Crippen molar-refractivity contribution in [3.63, 3.8) is 0 Å². The predicted molar refractivity (Wildman–Crippen MR) is 107 cm³/mol. The molecular weight excluding hydrogens is 368 g/mol. The largest absolute Gasteiger partial charge is 0.340 e. The third-order valence-electron chi connectivity index (χ3n) is 4.45. The van der Waals surface area contributed by atoms with Crippen molar-refractivity contribution < 1.29 is 9.59 Å². The van der Waals surface area contributed by atoms with E-state index in [1.54, 1.807) is 17.0 Å². The minimum atomic E-state index is -0.530. The highest BCUT2D eigenvalue weighted by atomic mass is 35.5. The van der Waals surface area contributed by atoms with E-state index in [1.807, 2.05) is 38.3 Å². The van der Waals surface area contributed by atoms with Crippen LogP contribution < -0.4 is 10.2 Å². The molecule has 26 heavy (non-hydrogen) atoms. The maximum Gasteiger partial charge on any atom is 0.253 e. The Kier molecular flexibility index (Phi) is 5.58. The van der Waals surface area contributed by atoms with Gasteiger partial charge in [-0.05, 0) is 68.0 Å². The Labute approximate surface area is 162 Å². The average Bonchev–Trinajstić information content (AvgIpc) is 2.95. The van der Waals surface area contributed by atoms with Crippen molar-refractivity contribution in [1.82, 2.24) is 5.32 Å². The maximum atomic E-state index is 12.8. The van der Waals surface area contributed by atoms with Gasteiger partial charge in [-0.15, -0.1) is 11.8 Å². The van der Waals surface area contributed by atoms with E-state index in [1.165, 1.54) is 11.8 Å². The fraction of sp³-hybridized carbons (Fsp3) is 0.300. The molecule has 6 heteroatoms. The van der Waals surface area contributed by atoms with Gasteiger partial charge < -0.3 is 10.2 Å². The molecule has 1 aliphatic rings. The van der Waals surface area contributed by atoms with Crippen LogP contribution in [0.25, 0.3) is 0 Å². The first kappa shape index (κ1) is 18.8. The molecular formula is C20H21ClN2O2S. The van der Waals surface area contributed by atoms with Gasteiger partial charge in [0.1, 0.15) is 6.04 Å². The van der Waals surface area contributed by atoms with Gasteiger partial charge in [0.05, 0.1) is 10.6 Å². The van der Waals surface area contributed by atoms with Gasteiger partial charge in [0.2, 0.25) is 5.91 Å². The molecule has 0 unspecified atom stereocenters. The lowest BCUT2D eigenvalue weighted by Crippen LogP contribution is -2.41. The molecule has 3 rings (SSSR count). The first-order valence-corrected chi connectivity index (χ1v) is 10.0. The Morgan fingerprint density at radius 3 is 2.54 bits per heavy atom. The number of benzene rings is 2. The summed E-state index contributed by atoms with van der Waals surface area (Å²) in [6, 6.07) is 10.9. The summed E-state index contributed by atoms with van der Waals surface area (Å²) in [6.07, 6.45) is 2.52. The minimum Gasteiger partial charge on any atom is -0.340 e. The minimum absolute atomic E-state index is 0.0829. The van der Waals surface area contributed by atoms with Crippen molar-refractivity contribution >= 4 is 40.9 Å². The maximum absolute atomic E-state index is 12.8. The summed E-state index contributed by atoms with van der Waals surface area (Å²) in [5.41, 5.74) is 3.50. The van der Waals surface area contributed by atoms with E-state index in [4.69, 9.17) is 11.6 Å². The van der Waals surface area contributed by atoms with Crippen LogP contribution in [0, 0.1) is 13.8 Å². The molecule has 0 saturated carbocycles. The highest BCUT2D eigenvalue weighted by Crippen LogP contribution is 2.26. The highest BCUT2D eigenvalue weighted by Gasteiger charge is 2.34. The van der Waals surface area contributed by atoms with E-state index in [9.17, 15) is 9.59 Å². The van der Waals surface area contributed by atoms with Gasteiger partial charge in [-0.3, -0.25) is 9.59 Å². The number of carbonyl (C=O) groups excluding carboxylic acids is 2. The van der Waals surface area contributed by atoms with Gasteiger partial charge in [-0.2, -0.15) is 0 Å². The van der Waals surface area contributed by atoms with Crippen LogP contribution in [0.5, 0.6) is 0 Å². The molecule has 2 aromatic carbocycles. The summed E-state index contributed by atoms with van der Waals surface area (Å²) < 4.78 is 0. The third-order valence-corrected chi connectivity index (χ3v) is 5.50. The number of nitrogens with zero attached hydrogens (tertiary/aromatic N) is 1. The summed E-state index contributed by atoms with van der Waals surface area (Å²) in [5, 5.41) is 3.23. The van der Waals surface area contributed by atoms with Gasteiger partial charge in [-0.1, -0.05) is 17.7 Å². The molecule has 1 fully saturated rings. The molecule has 1 heterocycles. The van der Waals surface area contributed by atoms with Crippen LogP contribution in [0.2, 0.25) is 5.02 Å². The van der Waals surface area contributed by atoms with Crippen LogP contribution in [-0.2, 0) is 4.79 Å². The van der Waals surface area contributed by atoms with Gasteiger partial charge >= 0.3 is 0 Å². The zero-order chi connectivity index (χ0) is 18.8. The number of hydrogen-bond acceptors (Lipinski definition) is 3. The second kappa shape index (κ2) is 7.72. The van der Waals surface area contributed by atoms with Gasteiger partial charge in [-0.25, -0.2) is 0 Å². The van der Waals surface area contributed by atoms with E-state index in [0.29, 0.717) is 23.6 Å². The number of carbonyl (C=O) groups is 2. The molecule has 2 aromatic rings. The number of halogens is 1. The molecule has 2 amide bonds. The Morgan fingerprint density at radius 1 is 1.19 bits per heavy atom. The van der Waals surface area contributed by atoms with Crippen molar-refractivity contribution in [1.29, 1.82) is 0 Å². The number of nitrogens with one attached hydrogen (secondary N) is 1. The monoisotopic (exact) mass is 388 g/mol. The van der Waals surface area contributed by atoms with Crippen LogP contribution in [0.15, 0.2) is 41.3 Å². The summed E-state index contributed by atoms with van der Waals surface area (Å²) in [7, 11) is 0. The molecule has 0 bridgehead atoms. The lowest BCUT2D eigenvalue weighted by molar-refractivity contribution is -0.118. The first-order chi connectivity index (χ1) is 12.4. The van der Waals surface area contributed by atoms with Gasteiger partial charge in [0, 0.05) is 17.1 Å². The third kappa shape index (κ3) is 3.89. The van der Waals surface area contributed by atoms with Crippen molar-refractivity contribution in [2.75, 3.05) is 17.7 Å². The van der Waals surface area contributed by atoms with Crippen molar-refractivity contribution in [3.8, 4) is 0 Å². The molecule has 1 atom stereocenters. The topological polar surface area (TPSA) is 49.4 Å². The predicted octanol–water partition coefficient (Wildman–Crippen LogP) is 4.21. The van der Waals surface area contributed by atoms with Crippen LogP contribution in [0.4, 0.5) is 5.69 Å². The SMILES string of the molecule is CSc1ccc(Cl)c(C(=O)N[C@@H]2CCN(c3cc(C)cc(C)c3)C2=O)c1. The highest BCUT2D eigenvalue weighted by molar-refractivity contribution is 7.98. The zero-order valence-electron chi connectivity index (χ0n) is 15.0. The van der Waals surface area contributed by atoms with E-state index >= 15 is 0 Å². The fourth-order valence-electron chi connectivity index (χ4n) is 3.22. The smallest absolute Gasteiger partial charge is 0.253 e. The molecule has 1 N–H and O–H groups in total. The number of rotatable bonds is 4. The fourth-order valence-corrected chi connectivity index (χ4v) is 3.86. The number of thioether (sulfide) groups is 1. The Morgan fingerprint density at radius 2 is 1.88 bits per heavy atom. The van der Waals surface area contributed by atoms with Crippen LogP contribution in [-0.4, -0.2) is 30.7 Å². The lowest BCUT2D eigenvalue weighted by atomic mass is 10.1. The lowest BCUT2D eigenvalue weighted by Gasteiger charge is -2.19. The number of aryl methyl sites for hydroxylation is 2. The first-order valence-electron chi connectivity index (χ1n) is 8.43. The Bertz CT molecular complexity index is 849. The summed E-state index contributed by atoms with van der Waals surface area (Å²) in [6.45, 7) is 4.61. The molecule has 136 valence electrons. The number of anilines is 1. The Hall–Kier alpha value is -1.98. The average molecular weight is 389 g/mol. The van der Waals surface area contributed by atoms with E-state index in [2.05, 4.69) is 11.4 Å². The normalized spacial score (nSPS) is 16.8. The molecule has 0 aliphatic carbocycles.